The highest BCUT2D eigenvalue weighted by molar-refractivity contribution is 5.85. The first-order valence-corrected chi connectivity index (χ1v) is 5.98. The second-order valence-corrected chi connectivity index (χ2v) is 4.53. The van der Waals surface area contributed by atoms with Crippen LogP contribution in [0.3, 0.4) is 0 Å². The smallest absolute Gasteiger partial charge is 0.0493 e. The van der Waals surface area contributed by atoms with Crippen LogP contribution in [0.2, 0.25) is 0 Å². The minimum atomic E-state index is 0. The molecule has 2 nitrogen and oxygen atoms in total. The molecule has 0 spiro atoms. The van der Waals surface area contributed by atoms with Gasteiger partial charge in [-0.2, -0.15) is 0 Å². The molecule has 0 saturated carbocycles. The van der Waals surface area contributed by atoms with Crippen LogP contribution >= 0.6 is 24.8 Å². The van der Waals surface area contributed by atoms with Crippen molar-refractivity contribution in [3.8, 4) is 0 Å². The molecule has 0 aromatic heterocycles. The van der Waals surface area contributed by atoms with E-state index in [1.54, 1.807) is 0 Å². The van der Waals surface area contributed by atoms with E-state index in [1.165, 1.54) is 16.8 Å². The highest BCUT2D eigenvalue weighted by Gasteiger charge is 2.24. The first-order valence-electron chi connectivity index (χ1n) is 5.98. The number of benzene rings is 2. The van der Waals surface area contributed by atoms with Crippen molar-refractivity contribution in [3.63, 3.8) is 0 Å². The summed E-state index contributed by atoms with van der Waals surface area (Å²) in [4.78, 5) is 2.36. The second kappa shape index (κ2) is 6.80. The van der Waals surface area contributed by atoms with Gasteiger partial charge in [0.05, 0.1) is 0 Å². The van der Waals surface area contributed by atoms with Crippen LogP contribution in [0.15, 0.2) is 54.6 Å². The molecule has 0 amide bonds. The SMILES string of the molecule is Cl.Cl.NC1CN(Cc2ccccc2)c2ccccc21. The molecule has 2 aromatic carbocycles. The number of nitrogens with zero attached hydrogens (tertiary/aromatic N) is 1. The quantitative estimate of drug-likeness (QED) is 0.918. The Bertz CT molecular complexity index is 517. The lowest BCUT2D eigenvalue weighted by molar-refractivity contribution is 0.720. The first-order chi connectivity index (χ1) is 8.34. The van der Waals surface area contributed by atoms with Crippen LogP contribution in [0.25, 0.3) is 0 Å². The zero-order valence-electron chi connectivity index (χ0n) is 10.5. The van der Waals surface area contributed by atoms with E-state index in [2.05, 4.69) is 53.4 Å². The van der Waals surface area contributed by atoms with Gasteiger partial charge in [-0.15, -0.1) is 24.8 Å². The van der Waals surface area contributed by atoms with E-state index in [0.29, 0.717) is 0 Å². The van der Waals surface area contributed by atoms with E-state index < -0.39 is 0 Å². The lowest BCUT2D eigenvalue weighted by atomic mass is 10.1. The number of rotatable bonds is 2. The van der Waals surface area contributed by atoms with E-state index in [0.717, 1.165) is 13.1 Å². The zero-order chi connectivity index (χ0) is 11.7. The minimum absolute atomic E-state index is 0. The van der Waals surface area contributed by atoms with Gasteiger partial charge in [-0.05, 0) is 17.2 Å². The molecule has 0 saturated heterocycles. The molecule has 19 heavy (non-hydrogen) atoms. The highest BCUT2D eigenvalue weighted by Crippen LogP contribution is 2.33. The molecule has 1 atom stereocenters. The number of anilines is 1. The fourth-order valence-electron chi connectivity index (χ4n) is 2.48. The van der Waals surface area contributed by atoms with Crippen molar-refractivity contribution in [2.75, 3.05) is 11.4 Å². The summed E-state index contributed by atoms with van der Waals surface area (Å²) in [5, 5.41) is 0. The second-order valence-electron chi connectivity index (χ2n) is 4.53. The molecule has 1 unspecified atom stereocenters. The molecule has 2 aromatic rings. The number of para-hydroxylation sites is 1. The van der Waals surface area contributed by atoms with Crippen molar-refractivity contribution >= 4 is 30.5 Å². The third kappa shape index (κ3) is 3.21. The molecule has 0 fully saturated rings. The fourth-order valence-corrected chi connectivity index (χ4v) is 2.48. The van der Waals surface area contributed by atoms with Gasteiger partial charge in [-0.1, -0.05) is 48.5 Å². The Hall–Kier alpha value is -1.22. The topological polar surface area (TPSA) is 29.3 Å². The highest BCUT2D eigenvalue weighted by atomic mass is 35.5. The van der Waals surface area contributed by atoms with Gasteiger partial charge in [0.25, 0.3) is 0 Å². The standard InChI is InChI=1S/C15H16N2.2ClH/c16-14-11-17(10-12-6-2-1-3-7-12)15-9-5-4-8-13(14)15;;/h1-9,14H,10-11,16H2;2*1H. The van der Waals surface area contributed by atoms with Gasteiger partial charge < -0.3 is 10.6 Å². The van der Waals surface area contributed by atoms with Crippen molar-refractivity contribution in [1.29, 1.82) is 0 Å². The first kappa shape index (κ1) is 15.8. The zero-order valence-corrected chi connectivity index (χ0v) is 12.2. The average Bonchev–Trinajstić information content (AvgIpc) is 2.69. The molecule has 4 heteroatoms. The summed E-state index contributed by atoms with van der Waals surface area (Å²) in [5.41, 5.74) is 10.0. The fraction of sp³-hybridized carbons (Fsp3) is 0.200. The molecular formula is C15H18Cl2N2. The number of nitrogens with two attached hydrogens (primary N) is 1. The third-order valence-corrected chi connectivity index (χ3v) is 3.31. The van der Waals surface area contributed by atoms with Crippen LogP contribution in [-0.2, 0) is 6.54 Å². The Morgan fingerprint density at radius 2 is 1.58 bits per heavy atom. The van der Waals surface area contributed by atoms with Crippen LogP contribution in [-0.4, -0.2) is 6.54 Å². The summed E-state index contributed by atoms with van der Waals surface area (Å²) in [6.07, 6.45) is 0. The van der Waals surface area contributed by atoms with Crippen molar-refractivity contribution in [1.82, 2.24) is 0 Å². The van der Waals surface area contributed by atoms with Gasteiger partial charge in [-0.3, -0.25) is 0 Å². The molecule has 1 aliphatic rings. The minimum Gasteiger partial charge on any atom is -0.365 e. The molecular weight excluding hydrogens is 279 g/mol. The summed E-state index contributed by atoms with van der Waals surface area (Å²) in [6.45, 7) is 1.85. The van der Waals surface area contributed by atoms with E-state index >= 15 is 0 Å². The lowest BCUT2D eigenvalue weighted by Gasteiger charge is -2.19. The molecule has 0 aliphatic carbocycles. The third-order valence-electron chi connectivity index (χ3n) is 3.31. The van der Waals surface area contributed by atoms with Crippen LogP contribution in [0.1, 0.15) is 17.2 Å². The summed E-state index contributed by atoms with van der Waals surface area (Å²) in [7, 11) is 0. The number of halogens is 2. The monoisotopic (exact) mass is 296 g/mol. The molecule has 3 rings (SSSR count). The van der Waals surface area contributed by atoms with Crippen LogP contribution in [0.4, 0.5) is 5.69 Å². The maximum atomic E-state index is 6.15. The van der Waals surface area contributed by atoms with Crippen LogP contribution in [0.5, 0.6) is 0 Å². The predicted molar refractivity (Wildman–Crippen MR) is 85.4 cm³/mol. The predicted octanol–water partition coefficient (Wildman–Crippen LogP) is 3.55. The Balaban J connectivity index is 0.000000902. The van der Waals surface area contributed by atoms with Gasteiger partial charge in [0.1, 0.15) is 0 Å². The van der Waals surface area contributed by atoms with E-state index in [1.807, 2.05) is 6.07 Å². The molecule has 102 valence electrons. The van der Waals surface area contributed by atoms with Gasteiger partial charge in [0.2, 0.25) is 0 Å². The van der Waals surface area contributed by atoms with Crippen LogP contribution in [0, 0.1) is 0 Å². The van der Waals surface area contributed by atoms with E-state index in [4.69, 9.17) is 5.73 Å². The van der Waals surface area contributed by atoms with Gasteiger partial charge in [-0.25, -0.2) is 0 Å². The van der Waals surface area contributed by atoms with Crippen molar-refractivity contribution in [3.05, 3.63) is 65.7 Å². The molecule has 2 N–H and O–H groups in total. The maximum Gasteiger partial charge on any atom is 0.0493 e. The Kier molecular flexibility index (Phi) is 5.67. The number of hydrogen-bond acceptors (Lipinski definition) is 2. The largest absolute Gasteiger partial charge is 0.365 e. The Morgan fingerprint density at radius 3 is 2.32 bits per heavy atom. The average molecular weight is 297 g/mol. The van der Waals surface area contributed by atoms with E-state index in [9.17, 15) is 0 Å². The number of hydrogen-bond donors (Lipinski definition) is 1. The van der Waals surface area contributed by atoms with Gasteiger partial charge in [0, 0.05) is 24.8 Å². The van der Waals surface area contributed by atoms with Crippen LogP contribution < -0.4 is 10.6 Å². The lowest BCUT2D eigenvalue weighted by Crippen LogP contribution is -2.23. The van der Waals surface area contributed by atoms with Gasteiger partial charge in [0.15, 0.2) is 0 Å². The Morgan fingerprint density at radius 1 is 0.947 bits per heavy atom. The molecule has 1 heterocycles. The summed E-state index contributed by atoms with van der Waals surface area (Å²) >= 11 is 0. The summed E-state index contributed by atoms with van der Waals surface area (Å²) in [5.74, 6) is 0. The van der Waals surface area contributed by atoms with E-state index in [-0.39, 0.29) is 30.9 Å². The molecule has 0 bridgehead atoms. The maximum absolute atomic E-state index is 6.15. The number of fused-ring (bicyclic) bond motifs is 1. The van der Waals surface area contributed by atoms with Gasteiger partial charge >= 0.3 is 0 Å². The Labute approximate surface area is 126 Å². The molecule has 1 aliphatic heterocycles. The van der Waals surface area contributed by atoms with Crippen molar-refractivity contribution in [2.24, 2.45) is 5.73 Å². The molecule has 0 radical (unpaired) electrons. The normalized spacial score (nSPS) is 16.3. The van der Waals surface area contributed by atoms with Crippen molar-refractivity contribution in [2.45, 2.75) is 12.6 Å². The summed E-state index contributed by atoms with van der Waals surface area (Å²) < 4.78 is 0. The summed E-state index contributed by atoms with van der Waals surface area (Å²) in [6, 6.07) is 19.1. The van der Waals surface area contributed by atoms with Crippen molar-refractivity contribution < 1.29 is 0 Å².